The summed E-state index contributed by atoms with van der Waals surface area (Å²) in [7, 11) is 4.57. The van der Waals surface area contributed by atoms with Crippen LogP contribution in [0.25, 0.3) is 0 Å². The second-order valence-electron chi connectivity index (χ2n) is 4.69. The average Bonchev–Trinajstić information content (AvgIpc) is 2.61. The van der Waals surface area contributed by atoms with Gasteiger partial charge in [-0.15, -0.1) is 0 Å². The van der Waals surface area contributed by atoms with E-state index < -0.39 is 0 Å². The minimum Gasteiger partial charge on any atom is -0.497 e. The maximum atomic E-state index is 12.2. The minimum absolute atomic E-state index is 0.371. The molecule has 0 aliphatic heterocycles. The number of halogens is 1. The van der Waals surface area contributed by atoms with Crippen molar-refractivity contribution >= 4 is 23.7 Å². The summed E-state index contributed by atoms with van der Waals surface area (Å²) in [6.07, 6.45) is 1.49. The van der Waals surface area contributed by atoms with Crippen molar-refractivity contribution in [3.63, 3.8) is 0 Å². The van der Waals surface area contributed by atoms with Gasteiger partial charge in [0, 0.05) is 11.6 Å². The highest BCUT2D eigenvalue weighted by Crippen LogP contribution is 2.24. The number of hydrogen-bond acceptors (Lipinski definition) is 5. The highest BCUT2D eigenvalue weighted by atomic mass is 35.5. The first-order valence-electron chi connectivity index (χ1n) is 6.97. The van der Waals surface area contributed by atoms with Crippen molar-refractivity contribution in [2.45, 2.75) is 0 Å². The molecule has 0 heterocycles. The summed E-state index contributed by atoms with van der Waals surface area (Å²) in [5.41, 5.74) is 3.54. The minimum atomic E-state index is -0.386. The first-order chi connectivity index (χ1) is 11.6. The molecule has 2 aromatic carbocycles. The number of hydrazone groups is 1. The molecule has 0 radical (unpaired) electrons. The van der Waals surface area contributed by atoms with E-state index >= 15 is 0 Å². The smallest absolute Gasteiger partial charge is 0.271 e. The maximum absolute atomic E-state index is 12.2. The molecule has 0 spiro atoms. The monoisotopic (exact) mass is 348 g/mol. The van der Waals surface area contributed by atoms with Crippen LogP contribution in [0.3, 0.4) is 0 Å². The molecule has 1 N–H and O–H groups in total. The van der Waals surface area contributed by atoms with Gasteiger partial charge in [0.25, 0.3) is 5.91 Å². The van der Waals surface area contributed by atoms with Crippen LogP contribution in [0.1, 0.15) is 15.9 Å². The number of nitrogens with one attached hydrogen (secondary N) is 1. The zero-order valence-corrected chi connectivity index (χ0v) is 14.3. The SMILES string of the molecule is COc1cc(OC)cc(C(=O)N/N=C/c2ccc(OC)c(Cl)c2)c1. The largest absolute Gasteiger partial charge is 0.497 e. The fourth-order valence-electron chi connectivity index (χ4n) is 1.93. The molecule has 0 aromatic heterocycles. The predicted octanol–water partition coefficient (Wildman–Crippen LogP) is 3.13. The molecule has 0 atom stereocenters. The van der Waals surface area contributed by atoms with E-state index in [0.717, 1.165) is 5.56 Å². The lowest BCUT2D eigenvalue weighted by molar-refractivity contribution is 0.0954. The van der Waals surface area contributed by atoms with E-state index in [1.165, 1.54) is 27.5 Å². The van der Waals surface area contributed by atoms with Crippen LogP contribution in [0.2, 0.25) is 5.02 Å². The summed E-state index contributed by atoms with van der Waals surface area (Å²) in [4.78, 5) is 12.2. The molecule has 0 saturated heterocycles. The van der Waals surface area contributed by atoms with E-state index in [2.05, 4.69) is 10.5 Å². The van der Waals surface area contributed by atoms with E-state index in [0.29, 0.717) is 27.8 Å². The van der Waals surface area contributed by atoms with E-state index in [1.54, 1.807) is 36.4 Å². The quantitative estimate of drug-likeness (QED) is 0.643. The summed E-state index contributed by atoms with van der Waals surface area (Å²) in [5.74, 6) is 1.22. The van der Waals surface area contributed by atoms with Crippen LogP contribution >= 0.6 is 11.6 Å². The number of methoxy groups -OCH3 is 3. The Bertz CT molecular complexity index is 740. The molecular formula is C17H17ClN2O4. The zero-order chi connectivity index (χ0) is 17.5. The van der Waals surface area contributed by atoms with Gasteiger partial charge in [0.15, 0.2) is 0 Å². The third-order valence-electron chi connectivity index (χ3n) is 3.17. The molecule has 1 amide bonds. The second kappa shape index (κ2) is 8.21. The number of rotatable bonds is 6. The van der Waals surface area contributed by atoms with Gasteiger partial charge in [-0.2, -0.15) is 5.10 Å². The fourth-order valence-corrected chi connectivity index (χ4v) is 2.20. The van der Waals surface area contributed by atoms with Crippen LogP contribution in [0, 0.1) is 0 Å². The van der Waals surface area contributed by atoms with E-state index in [9.17, 15) is 4.79 Å². The van der Waals surface area contributed by atoms with E-state index in [4.69, 9.17) is 25.8 Å². The van der Waals surface area contributed by atoms with Gasteiger partial charge < -0.3 is 14.2 Å². The van der Waals surface area contributed by atoms with Crippen LogP contribution in [-0.4, -0.2) is 33.5 Å². The number of carbonyl (C=O) groups is 1. The topological polar surface area (TPSA) is 69.2 Å². The molecule has 2 rings (SSSR count). The van der Waals surface area contributed by atoms with Gasteiger partial charge in [-0.1, -0.05) is 11.6 Å². The Kier molecular flexibility index (Phi) is 6.03. The lowest BCUT2D eigenvalue weighted by Gasteiger charge is -2.07. The van der Waals surface area contributed by atoms with Crippen molar-refractivity contribution in [3.8, 4) is 17.2 Å². The van der Waals surface area contributed by atoms with Crippen molar-refractivity contribution in [3.05, 3.63) is 52.5 Å². The van der Waals surface area contributed by atoms with Crippen molar-refractivity contribution in [2.24, 2.45) is 5.10 Å². The number of nitrogens with zero attached hydrogens (tertiary/aromatic N) is 1. The summed E-state index contributed by atoms with van der Waals surface area (Å²) < 4.78 is 15.3. The number of hydrogen-bond donors (Lipinski definition) is 1. The first-order valence-corrected chi connectivity index (χ1v) is 7.35. The van der Waals surface area contributed by atoms with Crippen LogP contribution < -0.4 is 19.6 Å². The Morgan fingerprint density at radius 2 is 1.71 bits per heavy atom. The van der Waals surface area contributed by atoms with Gasteiger partial charge in [0.2, 0.25) is 0 Å². The van der Waals surface area contributed by atoms with Crippen molar-refractivity contribution in [1.82, 2.24) is 5.43 Å². The standard InChI is InChI=1S/C17H17ClN2O4/c1-22-13-7-12(8-14(9-13)23-2)17(21)20-19-10-11-4-5-16(24-3)15(18)6-11/h4-10H,1-3H3,(H,20,21)/b19-10+. The Balaban J connectivity index is 2.08. The zero-order valence-electron chi connectivity index (χ0n) is 13.5. The molecule has 0 aliphatic carbocycles. The number of ether oxygens (including phenoxy) is 3. The Morgan fingerprint density at radius 1 is 1.04 bits per heavy atom. The van der Waals surface area contributed by atoms with E-state index in [1.807, 2.05) is 0 Å². The van der Waals surface area contributed by atoms with Crippen LogP contribution in [0.4, 0.5) is 0 Å². The third kappa shape index (κ3) is 4.39. The summed E-state index contributed by atoms with van der Waals surface area (Å²) in [5, 5.41) is 4.38. The van der Waals surface area contributed by atoms with Crippen LogP contribution in [0.15, 0.2) is 41.5 Å². The Hall–Kier alpha value is -2.73. The fraction of sp³-hybridized carbons (Fsp3) is 0.176. The molecule has 0 fully saturated rings. The molecule has 126 valence electrons. The predicted molar refractivity (Wildman–Crippen MR) is 92.6 cm³/mol. The summed E-state index contributed by atoms with van der Waals surface area (Å²) in [6, 6.07) is 10.0. The summed E-state index contributed by atoms with van der Waals surface area (Å²) >= 11 is 6.03. The van der Waals surface area contributed by atoms with E-state index in [-0.39, 0.29) is 5.91 Å². The molecule has 7 heteroatoms. The van der Waals surface area contributed by atoms with Gasteiger partial charge in [-0.25, -0.2) is 5.43 Å². The molecule has 6 nitrogen and oxygen atoms in total. The van der Waals surface area contributed by atoms with Gasteiger partial charge in [0.05, 0.1) is 32.6 Å². The van der Waals surface area contributed by atoms with Gasteiger partial charge in [0.1, 0.15) is 17.2 Å². The molecule has 0 unspecified atom stereocenters. The lowest BCUT2D eigenvalue weighted by atomic mass is 10.2. The third-order valence-corrected chi connectivity index (χ3v) is 3.46. The molecule has 2 aromatic rings. The normalized spacial score (nSPS) is 10.5. The van der Waals surface area contributed by atoms with Crippen LogP contribution in [-0.2, 0) is 0 Å². The van der Waals surface area contributed by atoms with Crippen molar-refractivity contribution in [1.29, 1.82) is 0 Å². The van der Waals surface area contributed by atoms with Crippen molar-refractivity contribution in [2.75, 3.05) is 21.3 Å². The average molecular weight is 349 g/mol. The number of carbonyl (C=O) groups excluding carboxylic acids is 1. The molecule has 0 bridgehead atoms. The second-order valence-corrected chi connectivity index (χ2v) is 5.10. The highest BCUT2D eigenvalue weighted by molar-refractivity contribution is 6.32. The van der Waals surface area contributed by atoms with Crippen LogP contribution in [0.5, 0.6) is 17.2 Å². The van der Waals surface area contributed by atoms with Gasteiger partial charge in [-0.05, 0) is 35.9 Å². The maximum Gasteiger partial charge on any atom is 0.271 e. The Morgan fingerprint density at radius 3 is 2.25 bits per heavy atom. The lowest BCUT2D eigenvalue weighted by Crippen LogP contribution is -2.17. The van der Waals surface area contributed by atoms with Gasteiger partial charge in [-0.3, -0.25) is 4.79 Å². The number of benzene rings is 2. The molecule has 0 aliphatic rings. The number of amides is 1. The van der Waals surface area contributed by atoms with Crippen molar-refractivity contribution < 1.29 is 19.0 Å². The molecular weight excluding hydrogens is 332 g/mol. The van der Waals surface area contributed by atoms with Gasteiger partial charge >= 0.3 is 0 Å². The molecule has 0 saturated carbocycles. The highest BCUT2D eigenvalue weighted by Gasteiger charge is 2.09. The molecule has 24 heavy (non-hydrogen) atoms. The first kappa shape index (κ1) is 17.6. The Labute approximate surface area is 145 Å². The summed E-state index contributed by atoms with van der Waals surface area (Å²) in [6.45, 7) is 0.